The van der Waals surface area contributed by atoms with Crippen LogP contribution in [0.5, 0.6) is 11.6 Å². The fourth-order valence-electron chi connectivity index (χ4n) is 3.72. The lowest BCUT2D eigenvalue weighted by Gasteiger charge is -2.19. The van der Waals surface area contributed by atoms with E-state index in [2.05, 4.69) is 9.98 Å². The minimum Gasteiger partial charge on any atom is -0.497 e. The largest absolute Gasteiger partial charge is 0.497 e. The third-order valence-electron chi connectivity index (χ3n) is 5.08. The molecule has 4 rings (SSSR count). The van der Waals surface area contributed by atoms with E-state index in [0.29, 0.717) is 40.3 Å². The molecule has 7 heteroatoms. The van der Waals surface area contributed by atoms with E-state index in [1.165, 1.54) is 0 Å². The number of hydrogen-bond acceptors (Lipinski definition) is 5. The first-order chi connectivity index (χ1) is 14.1. The van der Waals surface area contributed by atoms with Crippen molar-refractivity contribution in [1.82, 2.24) is 9.55 Å². The molecule has 1 unspecified atom stereocenters. The number of pyridine rings is 1. The zero-order valence-electron chi connectivity index (χ0n) is 16.3. The molecule has 1 aliphatic heterocycles. The van der Waals surface area contributed by atoms with Crippen molar-refractivity contribution in [3.05, 3.63) is 65.5 Å². The highest BCUT2D eigenvalue weighted by molar-refractivity contribution is 6.30. The number of amides is 1. The molecule has 2 aromatic heterocycles. The van der Waals surface area contributed by atoms with E-state index in [-0.39, 0.29) is 5.88 Å². The Kier molecular flexibility index (Phi) is 4.90. The number of nitrogens with zero attached hydrogens (tertiary/aromatic N) is 3. The van der Waals surface area contributed by atoms with Gasteiger partial charge in [0, 0.05) is 18.0 Å². The summed E-state index contributed by atoms with van der Waals surface area (Å²) in [7, 11) is 1.59. The van der Waals surface area contributed by atoms with Crippen LogP contribution in [-0.4, -0.2) is 33.4 Å². The summed E-state index contributed by atoms with van der Waals surface area (Å²) in [6.45, 7) is 2.02. The zero-order valence-corrected chi connectivity index (χ0v) is 16.3. The number of aromatic hydroxyl groups is 1. The van der Waals surface area contributed by atoms with Gasteiger partial charge in [-0.05, 0) is 48.4 Å². The summed E-state index contributed by atoms with van der Waals surface area (Å²) in [6.07, 6.45) is 4.27. The van der Waals surface area contributed by atoms with Crippen LogP contribution in [0.3, 0.4) is 0 Å². The maximum Gasteiger partial charge on any atom is 0.280 e. The molecule has 1 aromatic carbocycles. The predicted octanol–water partition coefficient (Wildman–Crippen LogP) is 3.51. The number of aromatic nitrogens is 2. The van der Waals surface area contributed by atoms with Gasteiger partial charge in [0.05, 0.1) is 35.8 Å². The van der Waals surface area contributed by atoms with Gasteiger partial charge in [-0.1, -0.05) is 13.3 Å². The van der Waals surface area contributed by atoms with Crippen LogP contribution in [0, 0.1) is 0 Å². The standard InChI is InChI=1S/C22H22N4O3/c1-3-4-16(23)26-20(14-5-7-15(29-2)8-6-14)18-17(22(26)28)19(25-21(18)27)13-9-11-24-12-10-13/h5-12,16,28H,3-4,23H2,1-2H3. The number of fused-ring (bicyclic) bond motifs is 1. The minimum atomic E-state index is -0.478. The van der Waals surface area contributed by atoms with Crippen molar-refractivity contribution in [3.8, 4) is 22.9 Å². The molecular weight excluding hydrogens is 368 g/mol. The normalized spacial score (nSPS) is 13.9. The Bertz CT molecular complexity index is 1090. The molecule has 0 radical (unpaired) electrons. The average molecular weight is 390 g/mol. The van der Waals surface area contributed by atoms with Gasteiger partial charge in [0.2, 0.25) is 5.88 Å². The zero-order chi connectivity index (χ0) is 20.5. The van der Waals surface area contributed by atoms with Crippen molar-refractivity contribution in [2.24, 2.45) is 10.7 Å². The van der Waals surface area contributed by atoms with Crippen molar-refractivity contribution in [1.29, 1.82) is 0 Å². The lowest BCUT2D eigenvalue weighted by atomic mass is 10.0. The molecular formula is C22H22N4O3. The Morgan fingerprint density at radius 3 is 2.41 bits per heavy atom. The van der Waals surface area contributed by atoms with Crippen LogP contribution in [0.2, 0.25) is 0 Å². The Morgan fingerprint density at radius 2 is 1.79 bits per heavy atom. The Labute approximate surface area is 168 Å². The van der Waals surface area contributed by atoms with Gasteiger partial charge in [0.1, 0.15) is 5.75 Å². The third kappa shape index (κ3) is 3.09. The SMILES string of the molecule is CCCC(N)n1c(O)c2c(c1-c1ccc(OC)cc1)C(=O)N=C2c1ccncc1. The monoisotopic (exact) mass is 390 g/mol. The number of benzene rings is 1. The van der Waals surface area contributed by atoms with Crippen molar-refractivity contribution in [2.75, 3.05) is 7.11 Å². The van der Waals surface area contributed by atoms with Crippen LogP contribution in [0.25, 0.3) is 11.3 Å². The lowest BCUT2D eigenvalue weighted by Crippen LogP contribution is -2.19. The first kappa shape index (κ1) is 18.9. The van der Waals surface area contributed by atoms with Gasteiger partial charge in [-0.2, -0.15) is 0 Å². The highest BCUT2D eigenvalue weighted by atomic mass is 16.5. The van der Waals surface area contributed by atoms with Crippen LogP contribution in [0.1, 0.15) is 47.4 Å². The molecule has 1 atom stereocenters. The summed E-state index contributed by atoms with van der Waals surface area (Å²) in [5.41, 5.74) is 9.66. The number of hydrogen-bond donors (Lipinski definition) is 2. The highest BCUT2D eigenvalue weighted by Crippen LogP contribution is 2.43. The second-order valence-electron chi connectivity index (χ2n) is 6.88. The summed E-state index contributed by atoms with van der Waals surface area (Å²) >= 11 is 0. The average Bonchev–Trinajstić information content (AvgIpc) is 3.24. The van der Waals surface area contributed by atoms with Crippen molar-refractivity contribution in [2.45, 2.75) is 25.9 Å². The third-order valence-corrected chi connectivity index (χ3v) is 5.08. The van der Waals surface area contributed by atoms with E-state index >= 15 is 0 Å². The molecule has 7 nitrogen and oxygen atoms in total. The van der Waals surface area contributed by atoms with E-state index in [0.717, 1.165) is 12.0 Å². The molecule has 0 saturated heterocycles. The first-order valence-electron chi connectivity index (χ1n) is 9.47. The summed E-state index contributed by atoms with van der Waals surface area (Å²) < 4.78 is 6.88. The molecule has 1 amide bonds. The number of methoxy groups -OCH3 is 1. The van der Waals surface area contributed by atoms with E-state index in [4.69, 9.17) is 10.5 Å². The van der Waals surface area contributed by atoms with E-state index in [1.807, 2.05) is 31.2 Å². The van der Waals surface area contributed by atoms with Crippen LogP contribution in [0.4, 0.5) is 0 Å². The molecule has 0 aliphatic carbocycles. The van der Waals surface area contributed by atoms with Crippen LogP contribution in [0.15, 0.2) is 53.8 Å². The van der Waals surface area contributed by atoms with Gasteiger partial charge in [-0.15, -0.1) is 0 Å². The van der Waals surface area contributed by atoms with Gasteiger partial charge < -0.3 is 15.6 Å². The number of aliphatic imine (C=N–C) groups is 1. The molecule has 0 fully saturated rings. The smallest absolute Gasteiger partial charge is 0.280 e. The molecule has 148 valence electrons. The summed E-state index contributed by atoms with van der Waals surface area (Å²) in [5, 5.41) is 11.1. The molecule has 29 heavy (non-hydrogen) atoms. The number of carbonyl (C=O) groups excluding carboxylic acids is 1. The predicted molar refractivity (Wildman–Crippen MR) is 110 cm³/mol. The molecule has 3 N–H and O–H groups in total. The van der Waals surface area contributed by atoms with Gasteiger partial charge in [-0.25, -0.2) is 4.99 Å². The molecule has 3 heterocycles. The molecule has 0 bridgehead atoms. The van der Waals surface area contributed by atoms with E-state index in [9.17, 15) is 9.90 Å². The van der Waals surface area contributed by atoms with Crippen molar-refractivity contribution in [3.63, 3.8) is 0 Å². The maximum atomic E-state index is 12.9. The van der Waals surface area contributed by atoms with Crippen LogP contribution in [-0.2, 0) is 0 Å². The van der Waals surface area contributed by atoms with Crippen molar-refractivity contribution < 1.29 is 14.6 Å². The Balaban J connectivity index is 1.96. The van der Waals surface area contributed by atoms with Gasteiger partial charge >= 0.3 is 0 Å². The highest BCUT2D eigenvalue weighted by Gasteiger charge is 2.37. The Morgan fingerprint density at radius 1 is 1.10 bits per heavy atom. The summed E-state index contributed by atoms with van der Waals surface area (Å²) in [6, 6.07) is 10.8. The maximum absolute atomic E-state index is 12.9. The quantitative estimate of drug-likeness (QED) is 0.670. The summed E-state index contributed by atoms with van der Waals surface area (Å²) in [4.78, 5) is 21.2. The Hall–Kier alpha value is -3.45. The number of nitrogens with two attached hydrogens (primary N) is 1. The van der Waals surface area contributed by atoms with E-state index in [1.54, 1.807) is 36.2 Å². The number of carbonyl (C=O) groups is 1. The van der Waals surface area contributed by atoms with E-state index < -0.39 is 12.1 Å². The number of rotatable bonds is 6. The fraction of sp³-hybridized carbons (Fsp3) is 0.227. The summed E-state index contributed by atoms with van der Waals surface area (Å²) in [5.74, 6) is 0.259. The van der Waals surface area contributed by atoms with Crippen LogP contribution >= 0.6 is 0 Å². The van der Waals surface area contributed by atoms with Crippen molar-refractivity contribution >= 4 is 11.6 Å². The molecule has 0 spiro atoms. The second-order valence-corrected chi connectivity index (χ2v) is 6.88. The first-order valence-corrected chi connectivity index (χ1v) is 9.47. The molecule has 3 aromatic rings. The number of ether oxygens (including phenoxy) is 1. The van der Waals surface area contributed by atoms with Gasteiger partial charge in [0.25, 0.3) is 5.91 Å². The second kappa shape index (κ2) is 7.52. The van der Waals surface area contributed by atoms with Gasteiger partial charge in [0.15, 0.2) is 0 Å². The van der Waals surface area contributed by atoms with Crippen LogP contribution < -0.4 is 10.5 Å². The topological polar surface area (TPSA) is 103 Å². The minimum absolute atomic E-state index is 0.0480. The van der Waals surface area contributed by atoms with Gasteiger partial charge in [-0.3, -0.25) is 14.3 Å². The molecule has 0 saturated carbocycles. The lowest BCUT2D eigenvalue weighted by molar-refractivity contribution is 0.101. The molecule has 1 aliphatic rings. The fourth-order valence-corrected chi connectivity index (χ4v) is 3.72.